The van der Waals surface area contributed by atoms with Crippen molar-refractivity contribution in [3.63, 3.8) is 0 Å². The summed E-state index contributed by atoms with van der Waals surface area (Å²) in [5.74, 6) is -1.56. The number of Topliss-reactive ketones (excluding diaryl/α,β-unsaturated/α-hetero) is 1. The number of rotatable bonds is 7. The van der Waals surface area contributed by atoms with Crippen molar-refractivity contribution in [1.82, 2.24) is 0 Å². The fourth-order valence-electron chi connectivity index (χ4n) is 2.34. The molecule has 2 aromatic rings. The number of ether oxygens (including phenoxy) is 1. The number of benzene rings is 2. The normalized spacial score (nSPS) is 11.2. The number of nitrogens with one attached hydrogen (secondary N) is 2. The summed E-state index contributed by atoms with van der Waals surface area (Å²) in [4.78, 5) is 46.2. The van der Waals surface area contributed by atoms with E-state index in [0.717, 1.165) is 6.07 Å². The summed E-state index contributed by atoms with van der Waals surface area (Å²) in [7, 11) is 1.55. The van der Waals surface area contributed by atoms with Crippen LogP contribution in [0.1, 0.15) is 34.6 Å². The average molecular weight is 385 g/mol. The number of nitrogens with zero attached hydrogens (tertiary/aromatic N) is 1. The van der Waals surface area contributed by atoms with Crippen molar-refractivity contribution in [2.75, 3.05) is 17.7 Å². The molecule has 28 heavy (non-hydrogen) atoms. The molecule has 0 bridgehead atoms. The number of non-ortho nitro benzene ring substituents is 1. The maximum atomic E-state index is 12.4. The Labute approximate surface area is 160 Å². The molecule has 9 heteroatoms. The molecule has 146 valence electrons. The van der Waals surface area contributed by atoms with Crippen LogP contribution in [0.5, 0.6) is 0 Å². The Hall–Kier alpha value is -3.75. The first-order chi connectivity index (χ1) is 13.2. The fourth-order valence-corrected chi connectivity index (χ4v) is 2.34. The number of ketones is 1. The highest BCUT2D eigenvalue weighted by molar-refractivity contribution is 6.00. The minimum Gasteiger partial charge on any atom is -0.449 e. The van der Waals surface area contributed by atoms with E-state index in [-0.39, 0.29) is 17.0 Å². The van der Waals surface area contributed by atoms with E-state index in [1.54, 1.807) is 31.3 Å². The second-order valence-corrected chi connectivity index (χ2v) is 5.91. The summed E-state index contributed by atoms with van der Waals surface area (Å²) in [6, 6.07) is 9.97. The third-order valence-electron chi connectivity index (χ3n) is 3.92. The summed E-state index contributed by atoms with van der Waals surface area (Å²) in [6.07, 6.45) is -1.15. The molecular formula is C19H19N3O6. The van der Waals surface area contributed by atoms with E-state index in [1.165, 1.54) is 26.0 Å². The standard InChI is InChI=1S/C19H19N3O6/c1-11(23)13-4-6-14(7-5-13)21-18(24)12(2)28-19(25)16-10-15(22(26)27)8-9-17(16)20-3/h4-10,12,20H,1-3H3,(H,21,24)/t12-/m0/s1. The Morgan fingerprint density at radius 1 is 1.11 bits per heavy atom. The zero-order chi connectivity index (χ0) is 20.8. The maximum Gasteiger partial charge on any atom is 0.341 e. The van der Waals surface area contributed by atoms with Gasteiger partial charge in [0.2, 0.25) is 0 Å². The van der Waals surface area contributed by atoms with Crippen molar-refractivity contribution in [3.8, 4) is 0 Å². The topological polar surface area (TPSA) is 128 Å². The molecule has 2 rings (SSSR count). The molecule has 0 fully saturated rings. The largest absolute Gasteiger partial charge is 0.449 e. The molecule has 0 heterocycles. The number of nitro benzene ring substituents is 1. The van der Waals surface area contributed by atoms with Crippen LogP contribution in [0.4, 0.5) is 17.1 Å². The summed E-state index contributed by atoms with van der Waals surface area (Å²) >= 11 is 0. The molecule has 0 aliphatic heterocycles. The maximum absolute atomic E-state index is 12.4. The van der Waals surface area contributed by atoms with Gasteiger partial charge in [0, 0.05) is 36.1 Å². The number of amides is 1. The predicted molar refractivity (Wildman–Crippen MR) is 103 cm³/mol. The highest BCUT2D eigenvalue weighted by Crippen LogP contribution is 2.23. The second kappa shape index (κ2) is 8.76. The summed E-state index contributed by atoms with van der Waals surface area (Å²) in [5.41, 5.74) is 0.950. The minimum atomic E-state index is -1.15. The lowest BCUT2D eigenvalue weighted by Crippen LogP contribution is -2.30. The average Bonchev–Trinajstić information content (AvgIpc) is 2.67. The Bertz CT molecular complexity index is 924. The second-order valence-electron chi connectivity index (χ2n) is 5.91. The van der Waals surface area contributed by atoms with Gasteiger partial charge in [0.25, 0.3) is 11.6 Å². The number of nitro groups is 1. The molecule has 0 spiro atoms. The van der Waals surface area contributed by atoms with E-state index in [2.05, 4.69) is 10.6 Å². The molecule has 0 saturated carbocycles. The van der Waals surface area contributed by atoms with E-state index in [4.69, 9.17) is 4.74 Å². The molecule has 9 nitrogen and oxygen atoms in total. The van der Waals surface area contributed by atoms with Crippen LogP contribution in [-0.4, -0.2) is 35.7 Å². The van der Waals surface area contributed by atoms with Gasteiger partial charge in [0.15, 0.2) is 11.9 Å². The van der Waals surface area contributed by atoms with Crippen molar-refractivity contribution in [2.45, 2.75) is 20.0 Å². The number of anilines is 2. The van der Waals surface area contributed by atoms with Crippen LogP contribution in [0.2, 0.25) is 0 Å². The summed E-state index contributed by atoms with van der Waals surface area (Å²) in [6.45, 7) is 2.82. The first-order valence-electron chi connectivity index (χ1n) is 8.32. The van der Waals surface area contributed by atoms with Crippen molar-refractivity contribution < 1.29 is 24.0 Å². The van der Waals surface area contributed by atoms with Gasteiger partial charge < -0.3 is 15.4 Å². The van der Waals surface area contributed by atoms with E-state index < -0.39 is 22.9 Å². The number of hydrogen-bond donors (Lipinski definition) is 2. The van der Waals surface area contributed by atoms with Crippen molar-refractivity contribution in [1.29, 1.82) is 0 Å². The number of carbonyl (C=O) groups is 3. The summed E-state index contributed by atoms with van der Waals surface area (Å²) < 4.78 is 5.14. The zero-order valence-corrected chi connectivity index (χ0v) is 15.5. The predicted octanol–water partition coefficient (Wildman–Crippen LogP) is 3.02. The highest BCUT2D eigenvalue weighted by Gasteiger charge is 2.23. The van der Waals surface area contributed by atoms with Gasteiger partial charge in [-0.25, -0.2) is 4.79 Å². The Kier molecular flexibility index (Phi) is 6.43. The van der Waals surface area contributed by atoms with Crippen LogP contribution in [0, 0.1) is 10.1 Å². The van der Waals surface area contributed by atoms with Crippen LogP contribution >= 0.6 is 0 Å². The van der Waals surface area contributed by atoms with Crippen LogP contribution in [0.15, 0.2) is 42.5 Å². The molecular weight excluding hydrogens is 366 g/mol. The number of hydrogen-bond acceptors (Lipinski definition) is 7. The van der Waals surface area contributed by atoms with Gasteiger partial charge in [-0.1, -0.05) is 0 Å². The van der Waals surface area contributed by atoms with Gasteiger partial charge >= 0.3 is 5.97 Å². The third-order valence-corrected chi connectivity index (χ3v) is 3.92. The molecule has 1 amide bonds. The lowest BCUT2D eigenvalue weighted by Gasteiger charge is -2.15. The molecule has 2 aromatic carbocycles. The number of carbonyl (C=O) groups excluding carboxylic acids is 3. The van der Waals surface area contributed by atoms with Crippen LogP contribution in [0.3, 0.4) is 0 Å². The molecule has 0 aromatic heterocycles. The Balaban J connectivity index is 2.09. The minimum absolute atomic E-state index is 0.0536. The van der Waals surface area contributed by atoms with Gasteiger partial charge in [-0.2, -0.15) is 0 Å². The van der Waals surface area contributed by atoms with Crippen molar-refractivity contribution in [3.05, 3.63) is 63.7 Å². The van der Waals surface area contributed by atoms with Crippen LogP contribution < -0.4 is 10.6 Å². The van der Waals surface area contributed by atoms with Crippen LogP contribution in [0.25, 0.3) is 0 Å². The monoisotopic (exact) mass is 385 g/mol. The van der Waals surface area contributed by atoms with E-state index in [0.29, 0.717) is 16.9 Å². The molecule has 0 unspecified atom stereocenters. The first-order valence-corrected chi connectivity index (χ1v) is 8.32. The van der Waals surface area contributed by atoms with Gasteiger partial charge in [0.05, 0.1) is 10.5 Å². The first kappa shape index (κ1) is 20.6. The van der Waals surface area contributed by atoms with E-state index >= 15 is 0 Å². The van der Waals surface area contributed by atoms with Gasteiger partial charge in [-0.05, 0) is 44.2 Å². The van der Waals surface area contributed by atoms with Gasteiger partial charge in [-0.15, -0.1) is 0 Å². The van der Waals surface area contributed by atoms with Crippen molar-refractivity contribution >= 4 is 34.7 Å². The highest BCUT2D eigenvalue weighted by atomic mass is 16.6. The smallest absolute Gasteiger partial charge is 0.341 e. The SMILES string of the molecule is CNc1ccc([N+](=O)[O-])cc1C(=O)O[C@@H](C)C(=O)Nc1ccc(C(C)=O)cc1. The Morgan fingerprint density at radius 2 is 1.75 bits per heavy atom. The van der Waals surface area contributed by atoms with Crippen molar-refractivity contribution in [2.24, 2.45) is 0 Å². The number of esters is 1. The lowest BCUT2D eigenvalue weighted by molar-refractivity contribution is -0.384. The van der Waals surface area contributed by atoms with Gasteiger partial charge in [0.1, 0.15) is 0 Å². The quantitative estimate of drug-likeness (QED) is 0.324. The fraction of sp³-hybridized carbons (Fsp3) is 0.211. The van der Waals surface area contributed by atoms with E-state index in [1.807, 2.05) is 0 Å². The summed E-state index contributed by atoms with van der Waals surface area (Å²) in [5, 5.41) is 16.2. The molecule has 0 aliphatic carbocycles. The molecule has 0 saturated heterocycles. The zero-order valence-electron chi connectivity index (χ0n) is 15.5. The molecule has 1 atom stereocenters. The molecule has 2 N–H and O–H groups in total. The van der Waals surface area contributed by atoms with E-state index in [9.17, 15) is 24.5 Å². The van der Waals surface area contributed by atoms with Gasteiger partial charge in [-0.3, -0.25) is 19.7 Å². The Morgan fingerprint density at radius 3 is 2.29 bits per heavy atom. The third kappa shape index (κ3) is 4.91. The molecule has 0 radical (unpaired) electrons. The molecule has 0 aliphatic rings. The van der Waals surface area contributed by atoms with Crippen LogP contribution in [-0.2, 0) is 9.53 Å². The lowest BCUT2D eigenvalue weighted by atomic mass is 10.1.